The molecule has 1 aliphatic carbocycles. The Morgan fingerprint density at radius 2 is 1.85 bits per heavy atom. The van der Waals surface area contributed by atoms with Crippen LogP contribution in [0.3, 0.4) is 0 Å². The maximum atomic E-state index is 12.9. The van der Waals surface area contributed by atoms with Gasteiger partial charge in [0.2, 0.25) is 0 Å². The van der Waals surface area contributed by atoms with Crippen LogP contribution >= 0.6 is 0 Å². The molecule has 41 heavy (non-hydrogen) atoms. The summed E-state index contributed by atoms with van der Waals surface area (Å²) >= 11 is 0. The molecule has 1 aromatic carbocycles. The minimum atomic E-state index is -1.70. The Labute approximate surface area is 237 Å². The molecule has 2 aromatic heterocycles. The van der Waals surface area contributed by atoms with Gasteiger partial charge in [-0.3, -0.25) is 9.59 Å². The summed E-state index contributed by atoms with van der Waals surface area (Å²) in [7, 11) is 0. The maximum Gasteiger partial charge on any atom is 0.323 e. The predicted molar refractivity (Wildman–Crippen MR) is 148 cm³/mol. The first-order chi connectivity index (χ1) is 19.8. The molecule has 0 bridgehead atoms. The van der Waals surface area contributed by atoms with E-state index >= 15 is 0 Å². The number of benzene rings is 1. The van der Waals surface area contributed by atoms with Gasteiger partial charge in [0, 0.05) is 6.42 Å². The lowest BCUT2D eigenvalue weighted by Crippen LogP contribution is -2.47. The minimum Gasteiger partial charge on any atom is -0.462 e. The Balaban J connectivity index is 1.49. The summed E-state index contributed by atoms with van der Waals surface area (Å²) in [5.41, 5.74) is 13.4. The molecule has 5 atom stereocenters. The summed E-state index contributed by atoms with van der Waals surface area (Å²) in [6, 6.07) is 13.3. The molecular weight excluding hydrogens is 528 g/mol. The lowest BCUT2D eigenvalue weighted by molar-refractivity contribution is -0.173. The summed E-state index contributed by atoms with van der Waals surface area (Å²) in [6.07, 6.45) is 1.56. The molecule has 0 spiro atoms. The molecular formula is C29H36N6O6. The van der Waals surface area contributed by atoms with Crippen LogP contribution in [0, 0.1) is 17.2 Å². The van der Waals surface area contributed by atoms with Gasteiger partial charge in [-0.25, -0.2) is 9.50 Å². The van der Waals surface area contributed by atoms with Crippen molar-refractivity contribution in [1.29, 1.82) is 5.26 Å². The van der Waals surface area contributed by atoms with Gasteiger partial charge in [-0.15, -0.1) is 0 Å². The zero-order valence-corrected chi connectivity index (χ0v) is 22.7. The van der Waals surface area contributed by atoms with Crippen LogP contribution in [0.25, 0.3) is 5.52 Å². The predicted octanol–water partition coefficient (Wildman–Crippen LogP) is 1.64. The van der Waals surface area contributed by atoms with Crippen molar-refractivity contribution in [3.8, 4) is 6.07 Å². The molecule has 0 aliphatic heterocycles. The molecule has 0 radical (unpaired) electrons. The number of aliphatic hydroxyl groups is 2. The third kappa shape index (κ3) is 7.58. The standard InChI is InChI=1S/C29H36N6O6/c30-15-20(22-11-12-23-28(32)33-17-34-35(22)23)26(38)27(41-25(37)14-19-9-5-2-6-10-19)24(36)16-40-29(39)21(31)13-18-7-3-1-4-8-18/h1,3-4,7-8,11-12,17,19-21,24,26-27,36,38H,2,5-6,9-10,13-14,16,31H2,(H2,32,33,34)/t20?,21-,24+,26-,27+/m0/s1. The second-order valence-electron chi connectivity index (χ2n) is 10.5. The monoisotopic (exact) mass is 564 g/mol. The molecule has 1 fully saturated rings. The van der Waals surface area contributed by atoms with Crippen molar-refractivity contribution in [2.24, 2.45) is 11.7 Å². The van der Waals surface area contributed by atoms with E-state index in [-0.39, 0.29) is 30.3 Å². The number of aliphatic hydroxyl groups excluding tert-OH is 2. The van der Waals surface area contributed by atoms with Crippen LogP contribution in [0.5, 0.6) is 0 Å². The van der Waals surface area contributed by atoms with E-state index in [1.165, 1.54) is 10.8 Å². The van der Waals surface area contributed by atoms with Crippen molar-refractivity contribution < 1.29 is 29.3 Å². The Morgan fingerprint density at radius 1 is 1.12 bits per heavy atom. The molecule has 4 rings (SSSR count). The van der Waals surface area contributed by atoms with E-state index in [9.17, 15) is 25.1 Å². The van der Waals surface area contributed by atoms with Crippen LogP contribution in [0.2, 0.25) is 0 Å². The van der Waals surface area contributed by atoms with E-state index in [1.54, 1.807) is 12.1 Å². The number of carbonyl (C=O) groups excluding carboxylic acids is 2. The highest BCUT2D eigenvalue weighted by molar-refractivity contribution is 5.76. The second-order valence-corrected chi connectivity index (χ2v) is 10.5. The number of nitrogens with two attached hydrogens (primary N) is 2. The van der Waals surface area contributed by atoms with Crippen molar-refractivity contribution in [2.45, 2.75) is 75.2 Å². The Kier molecular flexibility index (Phi) is 10.2. The molecule has 218 valence electrons. The number of ether oxygens (including phenoxy) is 2. The summed E-state index contributed by atoms with van der Waals surface area (Å²) in [5.74, 6) is -2.36. The van der Waals surface area contributed by atoms with E-state index in [0.29, 0.717) is 5.52 Å². The molecule has 2 heterocycles. The molecule has 1 unspecified atom stereocenters. The van der Waals surface area contributed by atoms with Gasteiger partial charge in [-0.1, -0.05) is 49.6 Å². The molecule has 12 nitrogen and oxygen atoms in total. The highest BCUT2D eigenvalue weighted by atomic mass is 16.6. The van der Waals surface area contributed by atoms with Crippen LogP contribution in [0.15, 0.2) is 48.8 Å². The Bertz CT molecular complexity index is 1350. The topological polar surface area (TPSA) is 199 Å². The smallest absolute Gasteiger partial charge is 0.323 e. The van der Waals surface area contributed by atoms with Gasteiger partial charge in [0.25, 0.3) is 0 Å². The fraction of sp³-hybridized carbons (Fsp3) is 0.483. The number of nitrogens with zero attached hydrogens (tertiary/aromatic N) is 4. The maximum absolute atomic E-state index is 12.9. The van der Waals surface area contributed by atoms with Crippen LogP contribution in [0.4, 0.5) is 5.82 Å². The zero-order valence-electron chi connectivity index (χ0n) is 22.7. The molecule has 1 aliphatic rings. The van der Waals surface area contributed by atoms with Gasteiger partial charge in [0.15, 0.2) is 11.9 Å². The number of nitrogen functional groups attached to an aromatic ring is 1. The van der Waals surface area contributed by atoms with Crippen LogP contribution in [-0.2, 0) is 25.5 Å². The quantitative estimate of drug-likeness (QED) is 0.233. The number of esters is 2. The normalized spacial score (nSPS) is 17.6. The molecule has 0 amide bonds. The lowest BCUT2D eigenvalue weighted by Gasteiger charge is -2.30. The Hall–Kier alpha value is -4.05. The fourth-order valence-electron chi connectivity index (χ4n) is 5.24. The molecule has 0 saturated heterocycles. The number of anilines is 1. The van der Waals surface area contributed by atoms with E-state index in [1.807, 2.05) is 36.4 Å². The minimum absolute atomic E-state index is 0.118. The first-order valence-corrected chi connectivity index (χ1v) is 13.8. The summed E-state index contributed by atoms with van der Waals surface area (Å²) in [5, 5.41) is 36.5. The number of carbonyl (C=O) groups is 2. The molecule has 6 N–H and O–H groups in total. The van der Waals surface area contributed by atoms with Gasteiger partial charge >= 0.3 is 11.9 Å². The SMILES string of the molecule is N#CC(c1ccc2c(N)ncnn12)[C@H](O)[C@H](OC(=O)CC1CCCCC1)[C@H](O)COC(=O)[C@@H](N)Cc1ccccc1. The fourth-order valence-corrected chi connectivity index (χ4v) is 5.24. The average molecular weight is 565 g/mol. The van der Waals surface area contributed by atoms with E-state index in [2.05, 4.69) is 10.1 Å². The summed E-state index contributed by atoms with van der Waals surface area (Å²) in [6.45, 7) is -0.609. The van der Waals surface area contributed by atoms with Crippen molar-refractivity contribution in [3.05, 3.63) is 60.0 Å². The zero-order chi connectivity index (χ0) is 29.4. The van der Waals surface area contributed by atoms with E-state index < -0.39 is 48.8 Å². The van der Waals surface area contributed by atoms with Crippen LogP contribution in [0.1, 0.15) is 55.7 Å². The number of aromatic nitrogens is 3. The largest absolute Gasteiger partial charge is 0.462 e. The second kappa shape index (κ2) is 14.0. The third-order valence-electron chi connectivity index (χ3n) is 7.47. The molecule has 12 heteroatoms. The number of hydrogen-bond donors (Lipinski definition) is 4. The van der Waals surface area contributed by atoms with Gasteiger partial charge in [-0.05, 0) is 42.9 Å². The third-order valence-corrected chi connectivity index (χ3v) is 7.47. The Morgan fingerprint density at radius 3 is 2.56 bits per heavy atom. The van der Waals surface area contributed by atoms with Crippen molar-refractivity contribution in [1.82, 2.24) is 14.6 Å². The number of nitriles is 1. The van der Waals surface area contributed by atoms with Gasteiger partial charge < -0.3 is 31.2 Å². The number of fused-ring (bicyclic) bond motifs is 1. The van der Waals surface area contributed by atoms with E-state index in [4.69, 9.17) is 20.9 Å². The average Bonchev–Trinajstić information content (AvgIpc) is 3.41. The van der Waals surface area contributed by atoms with Crippen LogP contribution < -0.4 is 11.5 Å². The van der Waals surface area contributed by atoms with Crippen molar-refractivity contribution in [2.75, 3.05) is 12.3 Å². The molecule has 1 saturated carbocycles. The summed E-state index contributed by atoms with van der Waals surface area (Å²) < 4.78 is 12.2. The van der Waals surface area contributed by atoms with Gasteiger partial charge in [0.05, 0.1) is 11.8 Å². The van der Waals surface area contributed by atoms with Gasteiger partial charge in [0.1, 0.15) is 42.6 Å². The van der Waals surface area contributed by atoms with Crippen molar-refractivity contribution >= 4 is 23.3 Å². The van der Waals surface area contributed by atoms with Crippen LogP contribution in [-0.4, -0.2) is 67.7 Å². The highest BCUT2D eigenvalue weighted by Gasteiger charge is 2.39. The summed E-state index contributed by atoms with van der Waals surface area (Å²) in [4.78, 5) is 29.4. The first kappa shape index (κ1) is 29.9. The van der Waals surface area contributed by atoms with Crippen molar-refractivity contribution in [3.63, 3.8) is 0 Å². The highest BCUT2D eigenvalue weighted by Crippen LogP contribution is 2.29. The van der Waals surface area contributed by atoms with E-state index in [0.717, 1.165) is 37.7 Å². The lowest BCUT2D eigenvalue weighted by atomic mass is 9.87. The van der Waals surface area contributed by atoms with Gasteiger partial charge in [-0.2, -0.15) is 10.4 Å². The molecule has 3 aromatic rings. The number of hydrogen-bond acceptors (Lipinski definition) is 11. The number of rotatable bonds is 12. The first-order valence-electron chi connectivity index (χ1n) is 13.8.